The van der Waals surface area contributed by atoms with Gasteiger partial charge in [-0.1, -0.05) is 6.92 Å². The van der Waals surface area contributed by atoms with Crippen molar-refractivity contribution in [1.29, 1.82) is 0 Å². The molecule has 0 bridgehead atoms. The van der Waals surface area contributed by atoms with E-state index >= 15 is 0 Å². The summed E-state index contributed by atoms with van der Waals surface area (Å²) >= 11 is 3.18. The maximum absolute atomic E-state index is 13.7. The summed E-state index contributed by atoms with van der Waals surface area (Å²) in [5.74, 6) is -0.595. The molecule has 0 N–H and O–H groups in total. The van der Waals surface area contributed by atoms with Crippen LogP contribution in [0.3, 0.4) is 0 Å². The Kier molecular flexibility index (Phi) is 4.36. The molecule has 1 aromatic rings. The molecule has 0 radical (unpaired) electrons. The molecule has 1 heterocycles. The Bertz CT molecular complexity index is 490. The van der Waals surface area contributed by atoms with Gasteiger partial charge in [-0.15, -0.1) is 0 Å². The van der Waals surface area contributed by atoms with Crippen LogP contribution < -0.4 is 4.90 Å². The van der Waals surface area contributed by atoms with Gasteiger partial charge in [0.2, 0.25) is 0 Å². The highest BCUT2D eigenvalue weighted by atomic mass is 79.9. The Morgan fingerprint density at radius 1 is 1.37 bits per heavy atom. The van der Waals surface area contributed by atoms with E-state index in [-0.39, 0.29) is 5.69 Å². The Morgan fingerprint density at radius 3 is 2.53 bits per heavy atom. The van der Waals surface area contributed by atoms with Crippen LogP contribution in [0.4, 0.5) is 15.8 Å². The number of benzene rings is 1. The van der Waals surface area contributed by atoms with E-state index in [1.165, 1.54) is 6.07 Å². The van der Waals surface area contributed by atoms with Gasteiger partial charge in [0, 0.05) is 32.2 Å². The summed E-state index contributed by atoms with van der Waals surface area (Å²) in [5, 5.41) is 10.8. The first-order valence-electron chi connectivity index (χ1n) is 6.13. The van der Waals surface area contributed by atoms with Gasteiger partial charge in [-0.25, -0.2) is 4.39 Å². The molecular weight excluding hydrogens is 317 g/mol. The Labute approximate surface area is 119 Å². The van der Waals surface area contributed by atoms with E-state index in [0.29, 0.717) is 10.2 Å². The molecule has 0 amide bonds. The second-order valence-electron chi connectivity index (χ2n) is 4.44. The van der Waals surface area contributed by atoms with Crippen molar-refractivity contribution in [3.8, 4) is 0 Å². The van der Waals surface area contributed by atoms with Crippen LogP contribution in [0.15, 0.2) is 16.6 Å². The Hall–Kier alpha value is -1.21. The number of nitro groups is 1. The first-order chi connectivity index (χ1) is 9.02. The van der Waals surface area contributed by atoms with E-state index in [9.17, 15) is 14.5 Å². The van der Waals surface area contributed by atoms with Gasteiger partial charge in [0.15, 0.2) is 0 Å². The van der Waals surface area contributed by atoms with E-state index in [1.54, 1.807) is 0 Å². The van der Waals surface area contributed by atoms with Gasteiger partial charge in [-0.2, -0.15) is 0 Å². The summed E-state index contributed by atoms with van der Waals surface area (Å²) in [6, 6.07) is 2.37. The van der Waals surface area contributed by atoms with Crippen LogP contribution in [0.2, 0.25) is 0 Å². The van der Waals surface area contributed by atoms with Crippen molar-refractivity contribution in [2.24, 2.45) is 0 Å². The normalized spacial score (nSPS) is 16.7. The molecule has 0 aliphatic carbocycles. The Morgan fingerprint density at radius 2 is 2.00 bits per heavy atom. The average Bonchev–Trinajstić information content (AvgIpc) is 2.41. The topological polar surface area (TPSA) is 49.6 Å². The van der Waals surface area contributed by atoms with Gasteiger partial charge < -0.3 is 9.80 Å². The molecule has 1 fully saturated rings. The van der Waals surface area contributed by atoms with Gasteiger partial charge >= 0.3 is 0 Å². The summed E-state index contributed by atoms with van der Waals surface area (Å²) in [5.41, 5.74) is 0.344. The maximum atomic E-state index is 13.7. The van der Waals surface area contributed by atoms with E-state index < -0.39 is 10.7 Å². The van der Waals surface area contributed by atoms with E-state index in [4.69, 9.17) is 0 Å². The number of non-ortho nitro benzene ring substituents is 1. The van der Waals surface area contributed by atoms with Gasteiger partial charge in [-0.05, 0) is 22.5 Å². The van der Waals surface area contributed by atoms with Crippen LogP contribution in [0.5, 0.6) is 0 Å². The predicted octanol–water partition coefficient (Wildman–Crippen LogP) is 2.64. The highest BCUT2D eigenvalue weighted by molar-refractivity contribution is 9.10. The van der Waals surface area contributed by atoms with Crippen molar-refractivity contribution in [3.05, 3.63) is 32.5 Å². The van der Waals surface area contributed by atoms with Crippen LogP contribution in [0, 0.1) is 15.9 Å². The summed E-state index contributed by atoms with van der Waals surface area (Å²) < 4.78 is 14.0. The van der Waals surface area contributed by atoms with Crippen molar-refractivity contribution in [1.82, 2.24) is 4.90 Å². The van der Waals surface area contributed by atoms with Gasteiger partial charge in [0.05, 0.1) is 21.1 Å². The standard InChI is InChI=1S/C12H15BrFN3O2/c1-2-15-3-5-16(6-4-15)11-8-9(17(18)19)7-10(14)12(11)13/h7-8H,2-6H2,1H3. The molecule has 0 saturated carbocycles. The summed E-state index contributed by atoms with van der Waals surface area (Å²) in [6.07, 6.45) is 0. The molecule has 7 heteroatoms. The predicted molar refractivity (Wildman–Crippen MR) is 75.1 cm³/mol. The number of halogens is 2. The van der Waals surface area contributed by atoms with Crippen molar-refractivity contribution in [3.63, 3.8) is 0 Å². The number of hydrogen-bond acceptors (Lipinski definition) is 4. The lowest BCUT2D eigenvalue weighted by Crippen LogP contribution is -2.46. The lowest BCUT2D eigenvalue weighted by molar-refractivity contribution is -0.385. The molecule has 1 aliphatic heterocycles. The zero-order chi connectivity index (χ0) is 14.0. The van der Waals surface area contributed by atoms with Gasteiger partial charge in [-0.3, -0.25) is 10.1 Å². The molecule has 5 nitrogen and oxygen atoms in total. The van der Waals surface area contributed by atoms with Gasteiger partial charge in [0.25, 0.3) is 5.69 Å². The molecule has 1 saturated heterocycles. The van der Waals surface area contributed by atoms with Crippen LogP contribution in [0.1, 0.15) is 6.92 Å². The molecule has 0 aromatic heterocycles. The quantitative estimate of drug-likeness (QED) is 0.631. The smallest absolute Gasteiger partial charge is 0.274 e. The number of anilines is 1. The number of hydrogen-bond donors (Lipinski definition) is 0. The summed E-state index contributed by atoms with van der Waals surface area (Å²) in [6.45, 7) is 6.33. The van der Waals surface area contributed by atoms with Gasteiger partial charge in [0.1, 0.15) is 5.82 Å². The van der Waals surface area contributed by atoms with Crippen LogP contribution in [-0.2, 0) is 0 Å². The molecule has 1 aliphatic rings. The van der Waals surface area contributed by atoms with Crippen LogP contribution >= 0.6 is 15.9 Å². The van der Waals surface area contributed by atoms with Crippen molar-refractivity contribution in [2.45, 2.75) is 6.92 Å². The zero-order valence-electron chi connectivity index (χ0n) is 10.6. The molecule has 104 valence electrons. The molecule has 0 unspecified atom stereocenters. The zero-order valence-corrected chi connectivity index (χ0v) is 12.2. The van der Waals surface area contributed by atoms with Crippen molar-refractivity contribution in [2.75, 3.05) is 37.6 Å². The third kappa shape index (κ3) is 3.03. The monoisotopic (exact) mass is 331 g/mol. The van der Waals surface area contributed by atoms with E-state index in [0.717, 1.165) is 38.8 Å². The maximum Gasteiger partial charge on any atom is 0.274 e. The molecule has 2 rings (SSSR count). The summed E-state index contributed by atoms with van der Waals surface area (Å²) in [7, 11) is 0. The van der Waals surface area contributed by atoms with E-state index in [1.807, 2.05) is 4.90 Å². The average molecular weight is 332 g/mol. The Balaban J connectivity index is 2.27. The highest BCUT2D eigenvalue weighted by Gasteiger charge is 2.22. The molecule has 1 aromatic carbocycles. The first kappa shape index (κ1) is 14.2. The third-order valence-corrected chi connectivity index (χ3v) is 4.15. The minimum absolute atomic E-state index is 0.214. The number of piperazine rings is 1. The molecular formula is C12H15BrFN3O2. The van der Waals surface area contributed by atoms with Crippen LogP contribution in [0.25, 0.3) is 0 Å². The molecule has 0 atom stereocenters. The molecule has 19 heavy (non-hydrogen) atoms. The lowest BCUT2D eigenvalue weighted by atomic mass is 10.2. The fourth-order valence-corrected chi connectivity index (χ4v) is 2.68. The highest BCUT2D eigenvalue weighted by Crippen LogP contribution is 2.33. The fourth-order valence-electron chi connectivity index (χ4n) is 2.20. The van der Waals surface area contributed by atoms with Crippen LogP contribution in [-0.4, -0.2) is 42.5 Å². The number of rotatable bonds is 3. The number of likely N-dealkylation sites (N-methyl/N-ethyl adjacent to an activating group) is 1. The largest absolute Gasteiger partial charge is 0.368 e. The second kappa shape index (κ2) is 5.83. The lowest BCUT2D eigenvalue weighted by Gasteiger charge is -2.35. The number of nitro benzene ring substituents is 1. The number of nitrogens with zero attached hydrogens (tertiary/aromatic N) is 3. The third-order valence-electron chi connectivity index (χ3n) is 3.36. The van der Waals surface area contributed by atoms with Crippen molar-refractivity contribution < 1.29 is 9.31 Å². The van der Waals surface area contributed by atoms with E-state index in [2.05, 4.69) is 27.8 Å². The van der Waals surface area contributed by atoms with Crippen molar-refractivity contribution >= 4 is 27.3 Å². The SMILES string of the molecule is CCN1CCN(c2cc([N+](=O)[O-])cc(F)c2Br)CC1. The summed E-state index contributed by atoms with van der Waals surface area (Å²) in [4.78, 5) is 14.5. The minimum atomic E-state index is -0.595. The first-order valence-corrected chi connectivity index (χ1v) is 6.93. The second-order valence-corrected chi connectivity index (χ2v) is 5.23. The minimum Gasteiger partial charge on any atom is -0.368 e. The molecule has 0 spiro atoms. The fraction of sp³-hybridized carbons (Fsp3) is 0.500.